The predicted octanol–water partition coefficient (Wildman–Crippen LogP) is 2.75. The molecule has 25 heavy (non-hydrogen) atoms. The molecule has 0 bridgehead atoms. The zero-order chi connectivity index (χ0) is 17.6. The Labute approximate surface area is 150 Å². The molecule has 1 atom stereocenters. The van der Waals surface area contributed by atoms with Gasteiger partial charge in [0.1, 0.15) is 12.4 Å². The van der Waals surface area contributed by atoms with Crippen molar-refractivity contribution in [2.24, 2.45) is 5.92 Å². The Morgan fingerprint density at radius 3 is 2.80 bits per heavy atom. The Bertz CT molecular complexity index is 763. The van der Waals surface area contributed by atoms with Gasteiger partial charge in [0.25, 0.3) is 5.91 Å². The van der Waals surface area contributed by atoms with Gasteiger partial charge in [-0.25, -0.2) is 0 Å². The van der Waals surface area contributed by atoms with Crippen molar-refractivity contribution in [2.45, 2.75) is 13.0 Å². The van der Waals surface area contributed by atoms with Crippen LogP contribution in [-0.2, 0) is 27.3 Å². The van der Waals surface area contributed by atoms with E-state index in [1.807, 2.05) is 30.3 Å². The van der Waals surface area contributed by atoms with Crippen LogP contribution in [0, 0.1) is 5.92 Å². The maximum absolute atomic E-state index is 12.2. The number of nitrogens with one attached hydrogen (secondary N) is 1. The van der Waals surface area contributed by atoms with Crippen molar-refractivity contribution in [2.75, 3.05) is 13.2 Å². The summed E-state index contributed by atoms with van der Waals surface area (Å²) in [6.07, 6.45) is 0.486. The molecular formula is C19H18ClNO4. The van der Waals surface area contributed by atoms with Crippen LogP contribution in [0.5, 0.6) is 5.75 Å². The second kappa shape index (κ2) is 8.03. The first kappa shape index (κ1) is 17.3. The highest BCUT2D eigenvalue weighted by atomic mass is 35.5. The number of carbonyl (C=O) groups is 2. The first-order chi connectivity index (χ1) is 12.1. The Balaban J connectivity index is 1.45. The molecule has 0 saturated heterocycles. The molecule has 0 radical (unpaired) electrons. The van der Waals surface area contributed by atoms with Crippen LogP contribution in [0.15, 0.2) is 48.5 Å². The van der Waals surface area contributed by atoms with Gasteiger partial charge in [-0.05, 0) is 35.7 Å². The van der Waals surface area contributed by atoms with Crippen molar-refractivity contribution in [3.8, 4) is 5.75 Å². The standard InChI is InChI=1S/C19H18ClNO4/c20-16-6-7-17-14(9-16)8-15(11-24-17)19(23)25-12-18(22)21-10-13-4-2-1-3-5-13/h1-7,9,15H,8,10-12H2,(H,21,22)/t15-/m1/s1. The summed E-state index contributed by atoms with van der Waals surface area (Å²) in [6, 6.07) is 14.8. The van der Waals surface area contributed by atoms with E-state index < -0.39 is 11.9 Å². The van der Waals surface area contributed by atoms with Gasteiger partial charge in [-0.3, -0.25) is 9.59 Å². The van der Waals surface area contributed by atoms with E-state index in [1.165, 1.54) is 0 Å². The number of rotatable bonds is 5. The normalized spacial score (nSPS) is 15.6. The molecule has 0 fully saturated rings. The molecule has 0 unspecified atom stereocenters. The first-order valence-electron chi connectivity index (χ1n) is 8.00. The summed E-state index contributed by atoms with van der Waals surface area (Å²) >= 11 is 5.97. The number of esters is 1. The highest BCUT2D eigenvalue weighted by Gasteiger charge is 2.27. The van der Waals surface area contributed by atoms with E-state index in [1.54, 1.807) is 18.2 Å². The van der Waals surface area contributed by atoms with Gasteiger partial charge in [-0.2, -0.15) is 0 Å². The Morgan fingerprint density at radius 2 is 2.00 bits per heavy atom. The van der Waals surface area contributed by atoms with E-state index >= 15 is 0 Å². The second-order valence-corrected chi connectivity index (χ2v) is 6.27. The van der Waals surface area contributed by atoms with E-state index in [-0.39, 0.29) is 19.1 Å². The summed E-state index contributed by atoms with van der Waals surface area (Å²) < 4.78 is 10.7. The zero-order valence-electron chi connectivity index (χ0n) is 13.5. The number of benzene rings is 2. The molecule has 2 aromatic carbocycles. The first-order valence-corrected chi connectivity index (χ1v) is 8.38. The van der Waals surface area contributed by atoms with Crippen LogP contribution in [0.3, 0.4) is 0 Å². The molecule has 1 heterocycles. The van der Waals surface area contributed by atoms with E-state index in [0.717, 1.165) is 16.9 Å². The minimum Gasteiger partial charge on any atom is -0.492 e. The number of halogens is 1. The Hall–Kier alpha value is -2.53. The molecule has 2 aromatic rings. The second-order valence-electron chi connectivity index (χ2n) is 5.83. The fourth-order valence-electron chi connectivity index (χ4n) is 2.62. The Morgan fingerprint density at radius 1 is 1.20 bits per heavy atom. The molecule has 0 aromatic heterocycles. The van der Waals surface area contributed by atoms with E-state index in [9.17, 15) is 9.59 Å². The molecular weight excluding hydrogens is 342 g/mol. The van der Waals surface area contributed by atoms with Crippen molar-refractivity contribution in [3.63, 3.8) is 0 Å². The number of fused-ring (bicyclic) bond motifs is 1. The van der Waals surface area contributed by atoms with E-state index in [4.69, 9.17) is 21.1 Å². The summed E-state index contributed by atoms with van der Waals surface area (Å²) in [5.74, 6) is -0.486. The molecule has 1 aliphatic rings. The fourth-order valence-corrected chi connectivity index (χ4v) is 2.81. The summed E-state index contributed by atoms with van der Waals surface area (Å²) in [4.78, 5) is 24.0. The molecule has 0 aliphatic carbocycles. The fraction of sp³-hybridized carbons (Fsp3) is 0.263. The summed E-state index contributed by atoms with van der Waals surface area (Å²) in [5, 5.41) is 3.31. The van der Waals surface area contributed by atoms with Crippen LogP contribution in [-0.4, -0.2) is 25.1 Å². The minimum absolute atomic E-state index is 0.235. The van der Waals surface area contributed by atoms with Gasteiger partial charge in [-0.15, -0.1) is 0 Å². The van der Waals surface area contributed by atoms with Gasteiger partial charge >= 0.3 is 5.97 Å². The smallest absolute Gasteiger partial charge is 0.313 e. The largest absolute Gasteiger partial charge is 0.492 e. The van der Waals surface area contributed by atoms with Crippen LogP contribution in [0.4, 0.5) is 0 Å². The molecule has 3 rings (SSSR count). The Kier molecular flexibility index (Phi) is 5.56. The lowest BCUT2D eigenvalue weighted by Crippen LogP contribution is -2.33. The quantitative estimate of drug-likeness (QED) is 0.834. The molecule has 0 saturated carbocycles. The van der Waals surface area contributed by atoms with Crippen molar-refractivity contribution >= 4 is 23.5 Å². The molecule has 1 aliphatic heterocycles. The van der Waals surface area contributed by atoms with E-state index in [0.29, 0.717) is 18.0 Å². The third-order valence-corrected chi connectivity index (χ3v) is 4.18. The SMILES string of the molecule is O=C(COC(=O)[C@H]1COc2ccc(Cl)cc2C1)NCc1ccccc1. The van der Waals surface area contributed by atoms with Gasteiger partial charge in [0.2, 0.25) is 0 Å². The van der Waals surface area contributed by atoms with Crippen molar-refractivity contribution in [1.29, 1.82) is 0 Å². The van der Waals surface area contributed by atoms with E-state index in [2.05, 4.69) is 5.32 Å². The summed E-state index contributed by atoms with van der Waals surface area (Å²) in [6.45, 7) is 0.333. The van der Waals surface area contributed by atoms with Crippen LogP contribution in [0.25, 0.3) is 0 Å². The van der Waals surface area contributed by atoms with Crippen LogP contribution < -0.4 is 10.1 Å². The molecule has 1 N–H and O–H groups in total. The van der Waals surface area contributed by atoms with Crippen LogP contribution in [0.2, 0.25) is 5.02 Å². The average molecular weight is 360 g/mol. The lowest BCUT2D eigenvalue weighted by molar-refractivity contribution is -0.153. The van der Waals surface area contributed by atoms with Gasteiger partial charge in [-0.1, -0.05) is 41.9 Å². The zero-order valence-corrected chi connectivity index (χ0v) is 14.3. The molecule has 6 heteroatoms. The average Bonchev–Trinajstić information content (AvgIpc) is 2.64. The van der Waals surface area contributed by atoms with Crippen LogP contribution in [0.1, 0.15) is 11.1 Å². The third kappa shape index (κ3) is 4.73. The summed E-state index contributed by atoms with van der Waals surface area (Å²) in [7, 11) is 0. The number of ether oxygens (including phenoxy) is 2. The molecule has 1 amide bonds. The minimum atomic E-state index is -0.444. The highest BCUT2D eigenvalue weighted by Crippen LogP contribution is 2.30. The van der Waals surface area contributed by atoms with Crippen molar-refractivity contribution < 1.29 is 19.1 Å². The maximum Gasteiger partial charge on any atom is 0.313 e. The van der Waals surface area contributed by atoms with Gasteiger partial charge in [0.15, 0.2) is 6.61 Å². The summed E-state index contributed by atoms with van der Waals surface area (Å²) in [5.41, 5.74) is 1.85. The maximum atomic E-state index is 12.2. The third-order valence-electron chi connectivity index (χ3n) is 3.94. The molecule has 130 valence electrons. The number of hydrogen-bond acceptors (Lipinski definition) is 4. The number of carbonyl (C=O) groups excluding carboxylic acids is 2. The number of hydrogen-bond donors (Lipinski definition) is 1. The van der Waals surface area contributed by atoms with Crippen molar-refractivity contribution in [1.82, 2.24) is 5.32 Å². The monoisotopic (exact) mass is 359 g/mol. The van der Waals surface area contributed by atoms with Gasteiger partial charge in [0, 0.05) is 11.6 Å². The lowest BCUT2D eigenvalue weighted by atomic mass is 9.97. The van der Waals surface area contributed by atoms with Crippen molar-refractivity contribution in [3.05, 3.63) is 64.7 Å². The highest BCUT2D eigenvalue weighted by molar-refractivity contribution is 6.30. The van der Waals surface area contributed by atoms with Gasteiger partial charge < -0.3 is 14.8 Å². The topological polar surface area (TPSA) is 64.6 Å². The number of amides is 1. The van der Waals surface area contributed by atoms with Crippen LogP contribution >= 0.6 is 11.6 Å². The van der Waals surface area contributed by atoms with Gasteiger partial charge in [0.05, 0.1) is 5.92 Å². The molecule has 0 spiro atoms. The lowest BCUT2D eigenvalue weighted by Gasteiger charge is -2.24. The predicted molar refractivity (Wildman–Crippen MR) is 93.4 cm³/mol. The molecule has 5 nitrogen and oxygen atoms in total.